The van der Waals surface area contributed by atoms with Gasteiger partial charge in [0.15, 0.2) is 18.6 Å². The van der Waals surface area contributed by atoms with Gasteiger partial charge in [-0.3, -0.25) is 0 Å². The summed E-state index contributed by atoms with van der Waals surface area (Å²) in [5.41, 5.74) is 2.54. The Morgan fingerprint density at radius 2 is 2.00 bits per heavy atom. The molecule has 0 saturated heterocycles. The van der Waals surface area contributed by atoms with Gasteiger partial charge < -0.3 is 0 Å². The van der Waals surface area contributed by atoms with Crippen LogP contribution < -0.4 is 4.57 Å². The van der Waals surface area contributed by atoms with Crippen molar-refractivity contribution in [3.63, 3.8) is 0 Å². The fraction of sp³-hybridized carbons (Fsp3) is 0.0833. The van der Waals surface area contributed by atoms with Crippen molar-refractivity contribution in [3.05, 3.63) is 52.5 Å². The first-order valence-corrected chi connectivity index (χ1v) is 5.47. The second-order valence-electron chi connectivity index (χ2n) is 3.20. The van der Waals surface area contributed by atoms with Crippen molar-refractivity contribution in [2.24, 2.45) is 0 Å². The lowest BCUT2D eigenvalue weighted by Crippen LogP contribution is -2.23. The summed E-state index contributed by atoms with van der Waals surface area (Å²) in [5, 5.41) is 4.21. The van der Waals surface area contributed by atoms with E-state index >= 15 is 0 Å². The molecule has 0 fully saturated rings. The number of hydrogen-bond donors (Lipinski definition) is 0. The lowest BCUT2D eigenvalue weighted by molar-refractivity contribution is -0.567. The lowest BCUT2D eigenvalue weighted by Gasteiger charge is -1.88. The standard InChI is InChI=1S/C12H12NS/c1-11-2-6-13(7-3-11)8-4-12-5-9-14-10-12/h2-10H,1H3/q+1/b8-4+. The normalized spacial score (nSPS) is 10.9. The third kappa shape index (κ3) is 2.30. The number of thiophene rings is 1. The summed E-state index contributed by atoms with van der Waals surface area (Å²) in [6, 6.07) is 6.30. The summed E-state index contributed by atoms with van der Waals surface area (Å²) in [6.45, 7) is 2.09. The van der Waals surface area contributed by atoms with Crippen molar-refractivity contribution < 1.29 is 4.57 Å². The summed E-state index contributed by atoms with van der Waals surface area (Å²) in [6.07, 6.45) is 8.27. The average molecular weight is 202 g/mol. The van der Waals surface area contributed by atoms with Crippen LogP contribution in [0.2, 0.25) is 0 Å². The number of aryl methyl sites for hydroxylation is 1. The van der Waals surface area contributed by atoms with Crippen molar-refractivity contribution in [2.75, 3.05) is 0 Å². The molecule has 0 unspecified atom stereocenters. The summed E-state index contributed by atoms with van der Waals surface area (Å²) in [5.74, 6) is 0. The largest absolute Gasteiger partial charge is 0.175 e. The predicted octanol–water partition coefficient (Wildman–Crippen LogP) is 2.97. The van der Waals surface area contributed by atoms with Crippen LogP contribution >= 0.6 is 11.3 Å². The molecule has 0 bridgehead atoms. The molecule has 0 amide bonds. The van der Waals surface area contributed by atoms with Crippen LogP contribution in [0.4, 0.5) is 0 Å². The van der Waals surface area contributed by atoms with Gasteiger partial charge in [0.2, 0.25) is 0 Å². The van der Waals surface area contributed by atoms with Crippen LogP contribution in [0.5, 0.6) is 0 Å². The highest BCUT2D eigenvalue weighted by molar-refractivity contribution is 7.08. The van der Waals surface area contributed by atoms with Crippen LogP contribution in [0.25, 0.3) is 12.3 Å². The third-order valence-corrected chi connectivity index (χ3v) is 2.70. The molecule has 2 aromatic rings. The Morgan fingerprint density at radius 3 is 2.64 bits per heavy atom. The summed E-state index contributed by atoms with van der Waals surface area (Å²) in [7, 11) is 0. The van der Waals surface area contributed by atoms with Gasteiger partial charge in [-0.1, -0.05) is 0 Å². The summed E-state index contributed by atoms with van der Waals surface area (Å²) in [4.78, 5) is 0. The van der Waals surface area contributed by atoms with Gasteiger partial charge in [0.05, 0.1) is 0 Å². The molecule has 0 aromatic carbocycles. The third-order valence-electron chi connectivity index (χ3n) is 2.00. The first-order chi connectivity index (χ1) is 6.84. The molecule has 0 aliphatic heterocycles. The molecule has 0 spiro atoms. The summed E-state index contributed by atoms with van der Waals surface area (Å²) < 4.78 is 2.05. The maximum atomic E-state index is 2.13. The molecule has 2 aromatic heterocycles. The van der Waals surface area contributed by atoms with E-state index in [-0.39, 0.29) is 0 Å². The van der Waals surface area contributed by atoms with Gasteiger partial charge >= 0.3 is 0 Å². The Labute approximate surface area is 88.0 Å². The smallest absolute Gasteiger partial charge is 0.174 e. The second kappa shape index (κ2) is 4.20. The van der Waals surface area contributed by atoms with Gasteiger partial charge in [-0.2, -0.15) is 15.9 Å². The molecular weight excluding hydrogens is 190 g/mol. The molecule has 0 atom stereocenters. The van der Waals surface area contributed by atoms with E-state index in [1.807, 2.05) is 4.57 Å². The Morgan fingerprint density at radius 1 is 1.21 bits per heavy atom. The van der Waals surface area contributed by atoms with Gasteiger partial charge in [-0.15, -0.1) is 0 Å². The van der Waals surface area contributed by atoms with Crippen molar-refractivity contribution in [2.45, 2.75) is 6.92 Å². The lowest BCUT2D eigenvalue weighted by atomic mass is 10.3. The highest BCUT2D eigenvalue weighted by Crippen LogP contribution is 2.07. The highest BCUT2D eigenvalue weighted by atomic mass is 32.1. The molecule has 0 saturated carbocycles. The Bertz CT molecular complexity index is 412. The van der Waals surface area contributed by atoms with E-state index in [9.17, 15) is 0 Å². The van der Waals surface area contributed by atoms with E-state index in [0.717, 1.165) is 0 Å². The van der Waals surface area contributed by atoms with Gasteiger partial charge in [-0.05, 0) is 34.9 Å². The predicted molar refractivity (Wildman–Crippen MR) is 60.9 cm³/mol. The first-order valence-electron chi connectivity index (χ1n) is 4.52. The van der Waals surface area contributed by atoms with Gasteiger partial charge in [0.1, 0.15) is 0 Å². The molecule has 2 heteroatoms. The van der Waals surface area contributed by atoms with E-state index in [1.165, 1.54) is 11.1 Å². The van der Waals surface area contributed by atoms with Crippen molar-refractivity contribution >= 4 is 23.6 Å². The molecule has 2 heterocycles. The van der Waals surface area contributed by atoms with Crippen LogP contribution in [0.1, 0.15) is 11.1 Å². The maximum absolute atomic E-state index is 2.13. The number of hydrogen-bond acceptors (Lipinski definition) is 1. The molecule has 70 valence electrons. The molecule has 14 heavy (non-hydrogen) atoms. The molecule has 1 nitrogen and oxygen atoms in total. The van der Waals surface area contributed by atoms with Gasteiger partial charge in [0, 0.05) is 18.2 Å². The zero-order chi connectivity index (χ0) is 9.80. The topological polar surface area (TPSA) is 3.88 Å². The van der Waals surface area contributed by atoms with Crippen LogP contribution in [-0.2, 0) is 0 Å². The van der Waals surface area contributed by atoms with Crippen LogP contribution in [0, 0.1) is 6.92 Å². The second-order valence-corrected chi connectivity index (χ2v) is 3.98. The Kier molecular flexibility index (Phi) is 2.75. The number of nitrogens with zero attached hydrogens (tertiary/aromatic N) is 1. The SMILES string of the molecule is Cc1cc[n+](/C=C/c2ccsc2)cc1. The molecule has 0 radical (unpaired) electrons. The van der Waals surface area contributed by atoms with Crippen molar-refractivity contribution in [1.82, 2.24) is 0 Å². The first kappa shape index (κ1) is 9.16. The number of pyridine rings is 1. The number of rotatable bonds is 2. The van der Waals surface area contributed by atoms with Crippen LogP contribution in [-0.4, -0.2) is 0 Å². The van der Waals surface area contributed by atoms with E-state index in [2.05, 4.69) is 60.6 Å². The van der Waals surface area contributed by atoms with E-state index in [1.54, 1.807) is 11.3 Å². The van der Waals surface area contributed by atoms with Gasteiger partial charge in [0.25, 0.3) is 0 Å². The fourth-order valence-electron chi connectivity index (χ4n) is 1.15. The molecule has 0 N–H and O–H groups in total. The van der Waals surface area contributed by atoms with Crippen molar-refractivity contribution in [3.8, 4) is 0 Å². The molecule has 0 aliphatic carbocycles. The Hall–Kier alpha value is -1.41. The van der Waals surface area contributed by atoms with Crippen molar-refractivity contribution in [1.29, 1.82) is 0 Å². The van der Waals surface area contributed by atoms with E-state index in [4.69, 9.17) is 0 Å². The molecule has 0 aliphatic rings. The highest BCUT2D eigenvalue weighted by Gasteiger charge is 1.93. The summed E-state index contributed by atoms with van der Waals surface area (Å²) >= 11 is 1.72. The molecule has 2 rings (SSSR count). The number of aromatic nitrogens is 1. The Balaban J connectivity index is 2.15. The average Bonchev–Trinajstić information content (AvgIpc) is 2.70. The van der Waals surface area contributed by atoms with E-state index in [0.29, 0.717) is 0 Å². The van der Waals surface area contributed by atoms with E-state index < -0.39 is 0 Å². The monoisotopic (exact) mass is 202 g/mol. The molecular formula is C12H12NS+. The minimum atomic E-state index is 1.25. The quantitative estimate of drug-likeness (QED) is 0.659. The van der Waals surface area contributed by atoms with Crippen LogP contribution in [0.15, 0.2) is 41.4 Å². The van der Waals surface area contributed by atoms with Crippen LogP contribution in [0.3, 0.4) is 0 Å². The van der Waals surface area contributed by atoms with Gasteiger partial charge in [-0.25, -0.2) is 0 Å². The fourth-order valence-corrected chi connectivity index (χ4v) is 1.78. The zero-order valence-electron chi connectivity index (χ0n) is 8.05. The minimum absolute atomic E-state index is 1.25. The minimum Gasteiger partial charge on any atom is -0.174 e. The maximum Gasteiger partial charge on any atom is 0.175 e. The zero-order valence-corrected chi connectivity index (χ0v) is 8.87.